The van der Waals surface area contributed by atoms with Crippen LogP contribution in [0.5, 0.6) is 0 Å². The number of hydrogen-bond donors (Lipinski definition) is 1. The molecule has 2 rings (SSSR count). The fraction of sp³-hybridized carbons (Fsp3) is 0.333. The highest BCUT2D eigenvalue weighted by Crippen LogP contribution is 2.04. The first kappa shape index (κ1) is 12.2. The predicted molar refractivity (Wildman–Crippen MR) is 68.3 cm³/mol. The molecule has 2 aromatic rings. The molecule has 0 unspecified atom stereocenters. The summed E-state index contributed by atoms with van der Waals surface area (Å²) in [4.78, 5) is 24.1. The molecule has 0 aliphatic heterocycles. The van der Waals surface area contributed by atoms with Crippen LogP contribution in [0.25, 0.3) is 0 Å². The smallest absolute Gasteiger partial charge is 0.348 e. The van der Waals surface area contributed by atoms with Gasteiger partial charge in [0.1, 0.15) is 5.82 Å². The Kier molecular flexibility index (Phi) is 3.10. The lowest BCUT2D eigenvalue weighted by molar-refractivity contribution is 0.662. The molecule has 0 radical (unpaired) electrons. The van der Waals surface area contributed by atoms with Crippen molar-refractivity contribution in [3.8, 4) is 0 Å². The van der Waals surface area contributed by atoms with Gasteiger partial charge in [0.05, 0.1) is 6.54 Å². The molecule has 0 amide bonds. The second kappa shape index (κ2) is 4.56. The number of nitrogen functional groups attached to an aromatic ring is 1. The van der Waals surface area contributed by atoms with E-state index in [4.69, 9.17) is 5.73 Å². The first-order valence-corrected chi connectivity index (χ1v) is 5.61. The first-order chi connectivity index (χ1) is 8.45. The van der Waals surface area contributed by atoms with Crippen LogP contribution in [-0.4, -0.2) is 19.5 Å². The van der Waals surface area contributed by atoms with E-state index >= 15 is 0 Å². The fourth-order valence-electron chi connectivity index (χ4n) is 1.84. The summed E-state index contributed by atoms with van der Waals surface area (Å²) in [5.41, 5.74) is 7.68. The molecule has 0 aliphatic rings. The Balaban J connectivity index is 2.43. The van der Waals surface area contributed by atoms with E-state index in [1.54, 1.807) is 13.0 Å². The van der Waals surface area contributed by atoms with Crippen molar-refractivity contribution in [3.05, 3.63) is 45.5 Å². The zero-order valence-corrected chi connectivity index (χ0v) is 10.6. The van der Waals surface area contributed by atoms with Gasteiger partial charge in [0.2, 0.25) is 0 Å². The summed E-state index contributed by atoms with van der Waals surface area (Å²) >= 11 is 0. The lowest BCUT2D eigenvalue weighted by Gasteiger charge is -2.09. The molecule has 94 valence electrons. The standard InChI is InChI=1S/C12H15N5O/c1-7-4-9(3)17(12(18)15-7)6-11-14-8(2)5-10(13)16-11/h4-5H,6H2,1-3H3,(H2,13,14,16). The van der Waals surface area contributed by atoms with Crippen molar-refractivity contribution in [2.24, 2.45) is 0 Å². The lowest BCUT2D eigenvalue weighted by Crippen LogP contribution is -2.27. The normalized spacial score (nSPS) is 10.6. The second-order valence-electron chi connectivity index (χ2n) is 4.26. The molecule has 0 bridgehead atoms. The van der Waals surface area contributed by atoms with Crippen LogP contribution in [0.2, 0.25) is 0 Å². The second-order valence-corrected chi connectivity index (χ2v) is 4.26. The van der Waals surface area contributed by atoms with Gasteiger partial charge in [0, 0.05) is 23.1 Å². The lowest BCUT2D eigenvalue weighted by atomic mass is 10.3. The number of nitrogens with zero attached hydrogens (tertiary/aromatic N) is 4. The predicted octanol–water partition coefficient (Wildman–Crippen LogP) is 0.589. The summed E-state index contributed by atoms with van der Waals surface area (Å²) in [6, 6.07) is 3.53. The summed E-state index contributed by atoms with van der Waals surface area (Å²) in [7, 11) is 0. The molecule has 0 aliphatic carbocycles. The summed E-state index contributed by atoms with van der Waals surface area (Å²) in [6.45, 7) is 5.77. The third kappa shape index (κ3) is 2.53. The molecule has 0 saturated heterocycles. The molecule has 0 atom stereocenters. The first-order valence-electron chi connectivity index (χ1n) is 5.61. The van der Waals surface area contributed by atoms with Gasteiger partial charge in [-0.25, -0.2) is 14.8 Å². The van der Waals surface area contributed by atoms with Gasteiger partial charge in [-0.1, -0.05) is 0 Å². The van der Waals surface area contributed by atoms with E-state index in [0.29, 0.717) is 17.3 Å². The van der Waals surface area contributed by atoms with Gasteiger partial charge in [-0.15, -0.1) is 0 Å². The molecule has 0 aromatic carbocycles. The molecule has 18 heavy (non-hydrogen) atoms. The van der Waals surface area contributed by atoms with E-state index in [1.807, 2.05) is 19.9 Å². The average molecular weight is 245 g/mol. The van der Waals surface area contributed by atoms with Crippen LogP contribution in [0, 0.1) is 20.8 Å². The number of aryl methyl sites for hydroxylation is 3. The molecular weight excluding hydrogens is 230 g/mol. The van der Waals surface area contributed by atoms with Crippen molar-refractivity contribution in [2.45, 2.75) is 27.3 Å². The molecule has 2 heterocycles. The highest BCUT2D eigenvalue weighted by atomic mass is 16.1. The average Bonchev–Trinajstić information content (AvgIpc) is 2.22. The van der Waals surface area contributed by atoms with E-state index in [1.165, 1.54) is 4.57 Å². The molecule has 2 aromatic heterocycles. The maximum absolute atomic E-state index is 11.8. The van der Waals surface area contributed by atoms with E-state index in [0.717, 1.165) is 11.4 Å². The molecule has 0 fully saturated rings. The Morgan fingerprint density at radius 2 is 1.78 bits per heavy atom. The van der Waals surface area contributed by atoms with Crippen molar-refractivity contribution in [1.82, 2.24) is 19.5 Å². The maximum atomic E-state index is 11.8. The van der Waals surface area contributed by atoms with Crippen LogP contribution in [-0.2, 0) is 6.54 Å². The number of rotatable bonds is 2. The van der Waals surface area contributed by atoms with Gasteiger partial charge in [-0.05, 0) is 26.8 Å². The van der Waals surface area contributed by atoms with E-state index in [2.05, 4.69) is 15.0 Å². The van der Waals surface area contributed by atoms with E-state index in [9.17, 15) is 4.79 Å². The summed E-state index contributed by atoms with van der Waals surface area (Å²) in [5, 5.41) is 0. The molecule has 0 spiro atoms. The van der Waals surface area contributed by atoms with Gasteiger partial charge in [-0.3, -0.25) is 4.57 Å². The van der Waals surface area contributed by atoms with Crippen molar-refractivity contribution in [2.75, 3.05) is 5.73 Å². The molecule has 6 nitrogen and oxygen atoms in total. The highest BCUT2D eigenvalue weighted by molar-refractivity contribution is 5.29. The monoisotopic (exact) mass is 245 g/mol. The van der Waals surface area contributed by atoms with Gasteiger partial charge in [0.25, 0.3) is 0 Å². The van der Waals surface area contributed by atoms with Crippen LogP contribution in [0.1, 0.15) is 22.9 Å². The molecular formula is C12H15N5O. The van der Waals surface area contributed by atoms with Crippen LogP contribution in [0.4, 0.5) is 5.82 Å². The van der Waals surface area contributed by atoms with Crippen LogP contribution < -0.4 is 11.4 Å². The minimum absolute atomic E-state index is 0.282. The summed E-state index contributed by atoms with van der Waals surface area (Å²) < 4.78 is 1.53. The SMILES string of the molecule is Cc1cc(N)nc(Cn2c(C)cc(C)nc2=O)n1. The number of aromatic nitrogens is 4. The quantitative estimate of drug-likeness (QED) is 0.836. The summed E-state index contributed by atoms with van der Waals surface area (Å²) in [6.07, 6.45) is 0. The van der Waals surface area contributed by atoms with Gasteiger partial charge < -0.3 is 5.73 Å². The van der Waals surface area contributed by atoms with Crippen molar-refractivity contribution >= 4 is 5.82 Å². The Hall–Kier alpha value is -2.24. The zero-order chi connectivity index (χ0) is 13.3. The van der Waals surface area contributed by atoms with Crippen molar-refractivity contribution in [3.63, 3.8) is 0 Å². The topological polar surface area (TPSA) is 86.7 Å². The Bertz CT molecular complexity index is 627. The number of hydrogen-bond acceptors (Lipinski definition) is 5. The van der Waals surface area contributed by atoms with Gasteiger partial charge >= 0.3 is 5.69 Å². The zero-order valence-electron chi connectivity index (χ0n) is 10.6. The summed E-state index contributed by atoms with van der Waals surface area (Å²) in [5.74, 6) is 0.923. The third-order valence-electron chi connectivity index (χ3n) is 2.57. The molecule has 6 heteroatoms. The Labute approximate surface area is 105 Å². The van der Waals surface area contributed by atoms with E-state index < -0.39 is 0 Å². The van der Waals surface area contributed by atoms with Crippen LogP contribution in [0.15, 0.2) is 16.9 Å². The van der Waals surface area contributed by atoms with Crippen LogP contribution >= 0.6 is 0 Å². The number of anilines is 1. The minimum Gasteiger partial charge on any atom is -0.384 e. The van der Waals surface area contributed by atoms with Crippen molar-refractivity contribution < 1.29 is 0 Å². The Morgan fingerprint density at radius 3 is 2.39 bits per heavy atom. The molecule has 0 saturated carbocycles. The van der Waals surface area contributed by atoms with Crippen molar-refractivity contribution in [1.29, 1.82) is 0 Å². The minimum atomic E-state index is -0.295. The Morgan fingerprint density at radius 1 is 1.11 bits per heavy atom. The van der Waals surface area contributed by atoms with Crippen LogP contribution in [0.3, 0.4) is 0 Å². The third-order valence-corrected chi connectivity index (χ3v) is 2.57. The van der Waals surface area contributed by atoms with E-state index in [-0.39, 0.29) is 12.2 Å². The fourth-order valence-corrected chi connectivity index (χ4v) is 1.84. The number of nitrogens with two attached hydrogens (primary N) is 1. The molecule has 2 N–H and O–H groups in total. The maximum Gasteiger partial charge on any atom is 0.348 e. The van der Waals surface area contributed by atoms with Gasteiger partial charge in [-0.2, -0.15) is 4.98 Å². The van der Waals surface area contributed by atoms with Gasteiger partial charge in [0.15, 0.2) is 5.82 Å². The largest absolute Gasteiger partial charge is 0.384 e. The highest BCUT2D eigenvalue weighted by Gasteiger charge is 2.07.